The topological polar surface area (TPSA) is 57.2 Å². The largest absolute Gasteiger partial charge is 1.00 e. The van der Waals surface area contributed by atoms with E-state index in [0.29, 0.717) is 5.56 Å². The van der Waals surface area contributed by atoms with Gasteiger partial charge < -0.3 is 9.90 Å². The molecule has 0 saturated carbocycles. The Morgan fingerprint density at radius 3 is 2.14 bits per heavy atom. The van der Waals surface area contributed by atoms with E-state index < -0.39 is 5.97 Å². The van der Waals surface area contributed by atoms with Crippen molar-refractivity contribution in [2.45, 2.75) is 12.8 Å². The van der Waals surface area contributed by atoms with Gasteiger partial charge in [-0.1, -0.05) is 30.3 Å². The van der Waals surface area contributed by atoms with Crippen LogP contribution >= 0.6 is 0 Å². The van der Waals surface area contributed by atoms with Crippen LogP contribution in [-0.4, -0.2) is 11.8 Å². The summed E-state index contributed by atoms with van der Waals surface area (Å²) in [6.45, 7) is 0. The minimum atomic E-state index is -1.19. The fraction of sp³-hybridized carbons (Fsp3) is 0.200. The molecule has 0 atom stereocenters. The van der Waals surface area contributed by atoms with Crippen LogP contribution in [0, 0.1) is 0 Å². The predicted octanol–water partition coefficient (Wildman–Crippen LogP) is -2.60. The maximum absolute atomic E-state index is 11.3. The van der Waals surface area contributed by atoms with Gasteiger partial charge in [0.15, 0.2) is 5.78 Å². The number of rotatable bonds is 4. The summed E-state index contributed by atoms with van der Waals surface area (Å²) in [4.78, 5) is 21.3. The van der Waals surface area contributed by atoms with Gasteiger partial charge in [-0.15, -0.1) is 0 Å². The molecule has 3 nitrogen and oxygen atoms in total. The Morgan fingerprint density at radius 1 is 1.07 bits per heavy atom. The number of hydrogen-bond acceptors (Lipinski definition) is 3. The Morgan fingerprint density at radius 2 is 1.64 bits per heavy atom. The first-order valence-electron chi connectivity index (χ1n) is 3.98. The molecule has 0 N–H and O–H groups in total. The number of carboxylic acids is 1. The molecule has 0 spiro atoms. The van der Waals surface area contributed by atoms with Crippen LogP contribution in [0.5, 0.6) is 0 Å². The van der Waals surface area contributed by atoms with Gasteiger partial charge in [0.25, 0.3) is 0 Å². The second-order valence-electron chi connectivity index (χ2n) is 2.66. The van der Waals surface area contributed by atoms with Crippen LogP contribution < -0.4 is 56.5 Å². The third-order valence-electron chi connectivity index (χ3n) is 1.65. The molecule has 1 rings (SSSR count). The summed E-state index contributed by atoms with van der Waals surface area (Å²) in [5.74, 6) is -1.35. The van der Waals surface area contributed by atoms with E-state index in [9.17, 15) is 14.7 Å². The van der Waals surface area contributed by atoms with E-state index in [2.05, 4.69) is 0 Å². The van der Waals surface area contributed by atoms with Crippen LogP contribution in [0.25, 0.3) is 0 Å². The quantitative estimate of drug-likeness (QED) is 0.410. The van der Waals surface area contributed by atoms with Crippen molar-refractivity contribution in [1.29, 1.82) is 0 Å². The summed E-state index contributed by atoms with van der Waals surface area (Å²) >= 11 is 0. The Kier molecular flexibility index (Phi) is 7.31. The third kappa shape index (κ3) is 5.02. The molecule has 0 aliphatic rings. The molecule has 0 fully saturated rings. The smallest absolute Gasteiger partial charge is 0.550 e. The van der Waals surface area contributed by atoms with Gasteiger partial charge in [0, 0.05) is 18.0 Å². The maximum atomic E-state index is 11.3. The zero-order valence-corrected chi connectivity index (χ0v) is 11.1. The first kappa shape index (κ1) is 14.0. The molecular weight excluding hydrogens is 207 g/mol. The molecule has 0 bridgehead atoms. The third-order valence-corrected chi connectivity index (χ3v) is 1.65. The first-order chi connectivity index (χ1) is 6.20. The van der Waals surface area contributed by atoms with Crippen molar-refractivity contribution < 1.29 is 66.1 Å². The number of ketones is 1. The summed E-state index contributed by atoms with van der Waals surface area (Å²) in [5, 5.41) is 10.1. The number of benzene rings is 1. The maximum Gasteiger partial charge on any atom is 1.00 e. The SMILES string of the molecule is O=C([O-])CCC(=O)c1ccccc1.[K+]. The van der Waals surface area contributed by atoms with E-state index in [-0.39, 0.29) is 70.0 Å². The molecule has 0 amide bonds. The number of carbonyl (C=O) groups excluding carboxylic acids is 2. The van der Waals surface area contributed by atoms with Crippen molar-refractivity contribution in [1.82, 2.24) is 0 Å². The number of aliphatic carboxylic acids is 1. The van der Waals surface area contributed by atoms with Gasteiger partial charge in [-0.2, -0.15) is 0 Å². The Bertz CT molecular complexity index is 308. The van der Waals surface area contributed by atoms with Gasteiger partial charge in [0.2, 0.25) is 0 Å². The summed E-state index contributed by atoms with van der Waals surface area (Å²) in [6, 6.07) is 8.61. The number of carbonyl (C=O) groups is 2. The van der Waals surface area contributed by atoms with Gasteiger partial charge in [-0.3, -0.25) is 4.79 Å². The van der Waals surface area contributed by atoms with Gasteiger partial charge >= 0.3 is 51.4 Å². The Labute approximate surface area is 125 Å². The van der Waals surface area contributed by atoms with Crippen LogP contribution in [0.3, 0.4) is 0 Å². The summed E-state index contributed by atoms with van der Waals surface area (Å²) in [7, 11) is 0. The molecule has 0 aliphatic carbocycles. The second-order valence-corrected chi connectivity index (χ2v) is 2.66. The molecule has 0 unspecified atom stereocenters. The fourth-order valence-electron chi connectivity index (χ4n) is 0.984. The fourth-order valence-corrected chi connectivity index (χ4v) is 0.984. The van der Waals surface area contributed by atoms with Crippen LogP contribution in [0.4, 0.5) is 0 Å². The zero-order chi connectivity index (χ0) is 9.68. The van der Waals surface area contributed by atoms with Crippen LogP contribution in [0.1, 0.15) is 23.2 Å². The first-order valence-corrected chi connectivity index (χ1v) is 3.98. The van der Waals surface area contributed by atoms with Crippen molar-refractivity contribution in [2.75, 3.05) is 0 Å². The number of carboxylic acid groups (broad SMARTS) is 1. The molecule has 0 aromatic heterocycles. The van der Waals surface area contributed by atoms with Crippen molar-refractivity contribution >= 4 is 11.8 Å². The molecular formula is C10H9KO3. The van der Waals surface area contributed by atoms with Crippen molar-refractivity contribution in [3.63, 3.8) is 0 Å². The molecule has 0 radical (unpaired) electrons. The van der Waals surface area contributed by atoms with Gasteiger partial charge in [0.05, 0.1) is 0 Å². The van der Waals surface area contributed by atoms with Crippen LogP contribution in [-0.2, 0) is 4.79 Å². The van der Waals surface area contributed by atoms with Crippen molar-refractivity contribution in [2.24, 2.45) is 0 Å². The monoisotopic (exact) mass is 216 g/mol. The Hall–Kier alpha value is -0.00364. The summed E-state index contributed by atoms with van der Waals surface area (Å²) < 4.78 is 0. The summed E-state index contributed by atoms with van der Waals surface area (Å²) in [6.07, 6.45) is -0.208. The van der Waals surface area contributed by atoms with E-state index in [1.54, 1.807) is 30.3 Å². The average Bonchev–Trinajstić information content (AvgIpc) is 2.15. The van der Waals surface area contributed by atoms with E-state index >= 15 is 0 Å². The van der Waals surface area contributed by atoms with Crippen molar-refractivity contribution in [3.05, 3.63) is 35.9 Å². The van der Waals surface area contributed by atoms with Crippen LogP contribution in [0.2, 0.25) is 0 Å². The summed E-state index contributed by atoms with van der Waals surface area (Å²) in [5.41, 5.74) is 0.545. The minimum Gasteiger partial charge on any atom is -0.550 e. The van der Waals surface area contributed by atoms with E-state index in [0.717, 1.165) is 0 Å². The molecule has 0 heterocycles. The zero-order valence-electron chi connectivity index (χ0n) is 8.03. The average molecular weight is 216 g/mol. The molecule has 1 aromatic carbocycles. The molecule has 0 saturated heterocycles. The van der Waals surface area contributed by atoms with Gasteiger partial charge in [-0.25, -0.2) is 0 Å². The van der Waals surface area contributed by atoms with Gasteiger partial charge in [-0.05, 0) is 6.42 Å². The van der Waals surface area contributed by atoms with Crippen LogP contribution in [0.15, 0.2) is 30.3 Å². The minimum absolute atomic E-state index is 0. The van der Waals surface area contributed by atoms with E-state index in [4.69, 9.17) is 0 Å². The van der Waals surface area contributed by atoms with Gasteiger partial charge in [0.1, 0.15) is 0 Å². The second kappa shape index (κ2) is 7.31. The van der Waals surface area contributed by atoms with E-state index in [1.807, 2.05) is 0 Å². The van der Waals surface area contributed by atoms with E-state index in [1.165, 1.54) is 0 Å². The normalized spacial score (nSPS) is 8.86. The molecule has 68 valence electrons. The molecule has 0 aliphatic heterocycles. The molecule has 14 heavy (non-hydrogen) atoms. The number of hydrogen-bond donors (Lipinski definition) is 0. The molecule has 1 aromatic rings. The standard InChI is InChI=1S/C10H10O3.K/c11-9(6-7-10(12)13)8-4-2-1-3-5-8;/h1-5H,6-7H2,(H,12,13);/q;+1/p-1. The molecule has 4 heteroatoms. The van der Waals surface area contributed by atoms with Crippen molar-refractivity contribution in [3.8, 4) is 0 Å². The number of Topliss-reactive ketones (excluding diaryl/α,β-unsaturated/α-hetero) is 1. The Balaban J connectivity index is 0.00000169. The predicted molar refractivity (Wildman–Crippen MR) is 45.0 cm³/mol.